The van der Waals surface area contributed by atoms with E-state index in [2.05, 4.69) is 0 Å². The molecule has 0 unspecified atom stereocenters. The third kappa shape index (κ3) is 1.99. The number of halogens is 2. The molecule has 1 aromatic carbocycles. The average Bonchev–Trinajstić information content (AvgIpc) is 2.11. The maximum Gasteiger partial charge on any atom is 0.180 e. The molecule has 1 aromatic rings. The Morgan fingerprint density at radius 3 is 2.50 bits per heavy atom. The van der Waals surface area contributed by atoms with Gasteiger partial charge in [-0.25, -0.2) is 8.78 Å². The molecule has 0 saturated heterocycles. The summed E-state index contributed by atoms with van der Waals surface area (Å²) in [6.45, 7) is 3.48. The van der Waals surface area contributed by atoms with Gasteiger partial charge in [0.25, 0.3) is 0 Å². The second-order valence-corrected chi connectivity index (χ2v) is 3.01. The van der Waals surface area contributed by atoms with Crippen LogP contribution in [0, 0.1) is 23.0 Å². The van der Waals surface area contributed by atoms with Crippen LogP contribution in [0.25, 0.3) is 0 Å². The number of rotatable bonds is 2. The molecule has 0 aromatic heterocycles. The molecule has 2 nitrogen and oxygen atoms in total. The minimum absolute atomic E-state index is 0.0707. The molecule has 0 spiro atoms. The van der Waals surface area contributed by atoms with E-state index in [0.717, 1.165) is 6.07 Å². The SMILES string of the molecule is CC(C)Oc1ccc(F)c(F)c1C#N. The highest BCUT2D eigenvalue weighted by atomic mass is 19.2. The third-order valence-electron chi connectivity index (χ3n) is 1.53. The molecular weight excluding hydrogens is 188 g/mol. The largest absolute Gasteiger partial charge is 0.490 e. The molecule has 74 valence electrons. The first-order valence-corrected chi connectivity index (χ1v) is 4.11. The highest BCUT2D eigenvalue weighted by molar-refractivity contribution is 5.44. The quantitative estimate of drug-likeness (QED) is 0.730. The maximum atomic E-state index is 13.0. The molecule has 0 heterocycles. The number of benzene rings is 1. The van der Waals surface area contributed by atoms with Gasteiger partial charge in [-0.3, -0.25) is 0 Å². The lowest BCUT2D eigenvalue weighted by Gasteiger charge is -2.11. The molecule has 0 amide bonds. The van der Waals surface area contributed by atoms with Gasteiger partial charge in [0, 0.05) is 0 Å². The van der Waals surface area contributed by atoms with Crippen molar-refractivity contribution in [2.24, 2.45) is 0 Å². The van der Waals surface area contributed by atoms with Gasteiger partial charge in [0.05, 0.1) is 6.10 Å². The van der Waals surface area contributed by atoms with Crippen molar-refractivity contribution in [3.63, 3.8) is 0 Å². The second-order valence-electron chi connectivity index (χ2n) is 3.01. The van der Waals surface area contributed by atoms with E-state index in [4.69, 9.17) is 10.00 Å². The lowest BCUT2D eigenvalue weighted by molar-refractivity contribution is 0.240. The zero-order valence-corrected chi connectivity index (χ0v) is 7.84. The Morgan fingerprint density at radius 2 is 2.00 bits per heavy atom. The summed E-state index contributed by atoms with van der Waals surface area (Å²) in [6, 6.07) is 3.76. The van der Waals surface area contributed by atoms with Crippen molar-refractivity contribution in [2.75, 3.05) is 0 Å². The predicted octanol–water partition coefficient (Wildman–Crippen LogP) is 2.62. The van der Waals surface area contributed by atoms with Gasteiger partial charge in [0.1, 0.15) is 17.4 Å². The Kier molecular flexibility index (Phi) is 3.03. The van der Waals surface area contributed by atoms with Crippen LogP contribution in [0.2, 0.25) is 0 Å². The normalized spacial score (nSPS) is 10.0. The zero-order valence-electron chi connectivity index (χ0n) is 7.84. The molecule has 0 saturated carbocycles. The van der Waals surface area contributed by atoms with Crippen molar-refractivity contribution in [3.05, 3.63) is 29.3 Å². The molecule has 14 heavy (non-hydrogen) atoms. The van der Waals surface area contributed by atoms with Gasteiger partial charge in [0.15, 0.2) is 11.6 Å². The standard InChI is InChI=1S/C10H9F2NO/c1-6(2)14-9-4-3-8(11)10(12)7(9)5-13/h3-4,6H,1-2H3. The second kappa shape index (κ2) is 4.05. The van der Waals surface area contributed by atoms with Crippen LogP contribution in [-0.4, -0.2) is 6.10 Å². The fourth-order valence-corrected chi connectivity index (χ4v) is 0.989. The first-order valence-electron chi connectivity index (χ1n) is 4.11. The van der Waals surface area contributed by atoms with Crippen LogP contribution in [0.5, 0.6) is 5.75 Å². The number of ether oxygens (including phenoxy) is 1. The molecule has 0 aliphatic carbocycles. The van der Waals surface area contributed by atoms with Crippen molar-refractivity contribution in [1.82, 2.24) is 0 Å². The van der Waals surface area contributed by atoms with Gasteiger partial charge in [-0.05, 0) is 26.0 Å². The van der Waals surface area contributed by atoms with Gasteiger partial charge >= 0.3 is 0 Å². The molecule has 4 heteroatoms. The van der Waals surface area contributed by atoms with Crippen LogP contribution in [0.15, 0.2) is 12.1 Å². The third-order valence-corrected chi connectivity index (χ3v) is 1.53. The Morgan fingerprint density at radius 1 is 1.36 bits per heavy atom. The van der Waals surface area contributed by atoms with Crippen molar-refractivity contribution in [2.45, 2.75) is 20.0 Å². The molecule has 0 aliphatic rings. The number of nitrogens with zero attached hydrogens (tertiary/aromatic N) is 1. The molecule has 1 rings (SSSR count). The van der Waals surface area contributed by atoms with E-state index >= 15 is 0 Å². The molecule has 0 bridgehead atoms. The van der Waals surface area contributed by atoms with Crippen LogP contribution < -0.4 is 4.74 Å². The van der Waals surface area contributed by atoms with E-state index in [1.165, 1.54) is 6.07 Å². The van der Waals surface area contributed by atoms with E-state index in [-0.39, 0.29) is 11.9 Å². The monoisotopic (exact) mass is 197 g/mol. The van der Waals surface area contributed by atoms with Crippen molar-refractivity contribution >= 4 is 0 Å². The highest BCUT2D eigenvalue weighted by Crippen LogP contribution is 2.23. The molecule has 0 atom stereocenters. The summed E-state index contributed by atoms with van der Waals surface area (Å²) in [7, 11) is 0. The van der Waals surface area contributed by atoms with Gasteiger partial charge < -0.3 is 4.74 Å². The van der Waals surface area contributed by atoms with Gasteiger partial charge in [0.2, 0.25) is 0 Å². The minimum atomic E-state index is -1.16. The van der Waals surface area contributed by atoms with Crippen molar-refractivity contribution in [3.8, 4) is 11.8 Å². The Bertz CT molecular complexity index is 382. The Hall–Kier alpha value is -1.63. The fraction of sp³-hybridized carbons (Fsp3) is 0.300. The van der Waals surface area contributed by atoms with E-state index in [9.17, 15) is 8.78 Å². The Balaban J connectivity index is 3.19. The van der Waals surface area contributed by atoms with E-state index < -0.39 is 17.2 Å². The van der Waals surface area contributed by atoms with E-state index in [1.807, 2.05) is 0 Å². The highest BCUT2D eigenvalue weighted by Gasteiger charge is 2.14. The van der Waals surface area contributed by atoms with Gasteiger partial charge in [-0.2, -0.15) is 5.26 Å². The smallest absolute Gasteiger partial charge is 0.180 e. The van der Waals surface area contributed by atoms with E-state index in [1.54, 1.807) is 19.9 Å². The maximum absolute atomic E-state index is 13.0. The van der Waals surface area contributed by atoms with Crippen molar-refractivity contribution in [1.29, 1.82) is 5.26 Å². The molecule has 0 aliphatic heterocycles. The lowest BCUT2D eigenvalue weighted by atomic mass is 10.2. The van der Waals surface area contributed by atoms with Crippen LogP contribution in [0.3, 0.4) is 0 Å². The summed E-state index contributed by atoms with van der Waals surface area (Å²) < 4.78 is 30.9. The molecule has 0 radical (unpaired) electrons. The number of hydrogen-bond acceptors (Lipinski definition) is 2. The van der Waals surface area contributed by atoms with Crippen molar-refractivity contribution < 1.29 is 13.5 Å². The number of nitriles is 1. The zero-order chi connectivity index (χ0) is 10.7. The van der Waals surface area contributed by atoms with Crippen LogP contribution in [0.4, 0.5) is 8.78 Å². The summed E-state index contributed by atoms with van der Waals surface area (Å²) in [5.74, 6) is -2.13. The predicted molar refractivity (Wildman–Crippen MR) is 46.8 cm³/mol. The summed E-state index contributed by atoms with van der Waals surface area (Å²) in [6.07, 6.45) is -0.188. The first kappa shape index (κ1) is 10.5. The van der Waals surface area contributed by atoms with Crippen LogP contribution >= 0.6 is 0 Å². The molecular formula is C10H9F2NO. The summed E-state index contributed by atoms with van der Waals surface area (Å²) in [5, 5.41) is 8.60. The topological polar surface area (TPSA) is 33.0 Å². The van der Waals surface area contributed by atoms with Gasteiger partial charge in [-0.1, -0.05) is 0 Å². The first-order chi connectivity index (χ1) is 6.56. The number of hydrogen-bond donors (Lipinski definition) is 0. The summed E-state index contributed by atoms with van der Waals surface area (Å²) in [4.78, 5) is 0. The van der Waals surface area contributed by atoms with Crippen LogP contribution in [-0.2, 0) is 0 Å². The lowest BCUT2D eigenvalue weighted by Crippen LogP contribution is -2.08. The Labute approximate surface area is 80.7 Å². The minimum Gasteiger partial charge on any atom is -0.490 e. The summed E-state index contributed by atoms with van der Waals surface area (Å²) >= 11 is 0. The van der Waals surface area contributed by atoms with Crippen LogP contribution in [0.1, 0.15) is 19.4 Å². The summed E-state index contributed by atoms with van der Waals surface area (Å²) in [5.41, 5.74) is -0.390. The molecule has 0 N–H and O–H groups in total. The average molecular weight is 197 g/mol. The van der Waals surface area contributed by atoms with Gasteiger partial charge in [-0.15, -0.1) is 0 Å². The fourth-order valence-electron chi connectivity index (χ4n) is 0.989. The molecule has 0 fully saturated rings. The van der Waals surface area contributed by atoms with E-state index in [0.29, 0.717) is 0 Å².